The zero-order chi connectivity index (χ0) is 15.4. The summed E-state index contributed by atoms with van der Waals surface area (Å²) in [6.45, 7) is 10.2. The first-order valence-electron chi connectivity index (χ1n) is 7.17. The molecular formula is C16H21BrN4. The first-order chi connectivity index (χ1) is 10.0. The largest absolute Gasteiger partial charge is 0.357 e. The van der Waals surface area contributed by atoms with Crippen molar-refractivity contribution in [3.05, 3.63) is 40.0 Å². The van der Waals surface area contributed by atoms with Crippen LogP contribution in [0.4, 0.5) is 17.5 Å². The Kier molecular flexibility index (Phi) is 5.17. The SMILES string of the molecule is CCN(CC)c1cc(C)nc(Nc2ccc(Br)cc2C)n1. The summed E-state index contributed by atoms with van der Waals surface area (Å²) in [5.74, 6) is 1.60. The monoisotopic (exact) mass is 348 g/mol. The Labute approximate surface area is 134 Å². The molecule has 4 nitrogen and oxygen atoms in total. The lowest BCUT2D eigenvalue weighted by atomic mass is 10.2. The molecule has 1 heterocycles. The first-order valence-corrected chi connectivity index (χ1v) is 7.96. The maximum atomic E-state index is 4.63. The van der Waals surface area contributed by atoms with Gasteiger partial charge in [0.2, 0.25) is 5.95 Å². The molecule has 1 aromatic heterocycles. The topological polar surface area (TPSA) is 41.1 Å². The zero-order valence-electron chi connectivity index (χ0n) is 12.9. The fourth-order valence-electron chi connectivity index (χ4n) is 2.21. The van der Waals surface area contributed by atoms with Crippen molar-refractivity contribution in [1.29, 1.82) is 0 Å². The normalized spacial score (nSPS) is 10.5. The van der Waals surface area contributed by atoms with Crippen molar-refractivity contribution in [2.45, 2.75) is 27.7 Å². The van der Waals surface area contributed by atoms with Gasteiger partial charge in [-0.25, -0.2) is 4.98 Å². The molecule has 5 heteroatoms. The highest BCUT2D eigenvalue weighted by Gasteiger charge is 2.08. The lowest BCUT2D eigenvalue weighted by Crippen LogP contribution is -2.23. The van der Waals surface area contributed by atoms with Crippen LogP contribution in [0.3, 0.4) is 0 Å². The Morgan fingerprint density at radius 1 is 1.10 bits per heavy atom. The highest BCUT2D eigenvalue weighted by atomic mass is 79.9. The van der Waals surface area contributed by atoms with E-state index in [4.69, 9.17) is 0 Å². The summed E-state index contributed by atoms with van der Waals surface area (Å²) in [6.07, 6.45) is 0. The lowest BCUT2D eigenvalue weighted by Gasteiger charge is -2.20. The van der Waals surface area contributed by atoms with Crippen LogP contribution in [0.5, 0.6) is 0 Å². The van der Waals surface area contributed by atoms with E-state index in [0.717, 1.165) is 40.3 Å². The highest BCUT2D eigenvalue weighted by molar-refractivity contribution is 9.10. The third-order valence-electron chi connectivity index (χ3n) is 3.36. The summed E-state index contributed by atoms with van der Waals surface area (Å²) >= 11 is 3.48. The van der Waals surface area contributed by atoms with Crippen LogP contribution in [0, 0.1) is 13.8 Å². The Morgan fingerprint density at radius 2 is 1.81 bits per heavy atom. The van der Waals surface area contributed by atoms with Crippen LogP contribution in [-0.2, 0) is 0 Å². The minimum atomic E-state index is 0.641. The van der Waals surface area contributed by atoms with Crippen LogP contribution in [0.2, 0.25) is 0 Å². The summed E-state index contributed by atoms with van der Waals surface area (Å²) in [6, 6.07) is 8.13. The van der Waals surface area contributed by atoms with E-state index in [1.807, 2.05) is 25.1 Å². The van der Waals surface area contributed by atoms with Crippen LogP contribution in [-0.4, -0.2) is 23.1 Å². The van der Waals surface area contributed by atoms with Crippen LogP contribution in [0.15, 0.2) is 28.7 Å². The molecular weight excluding hydrogens is 328 g/mol. The summed E-state index contributed by atoms with van der Waals surface area (Å²) in [4.78, 5) is 11.3. The molecule has 0 fully saturated rings. The third kappa shape index (κ3) is 3.94. The first kappa shape index (κ1) is 15.8. The molecule has 0 amide bonds. The van der Waals surface area contributed by atoms with Crippen molar-refractivity contribution >= 4 is 33.4 Å². The lowest BCUT2D eigenvalue weighted by molar-refractivity contribution is 0.840. The second kappa shape index (κ2) is 6.89. The summed E-state index contributed by atoms with van der Waals surface area (Å²) < 4.78 is 1.07. The van der Waals surface area contributed by atoms with Gasteiger partial charge in [0.05, 0.1) is 0 Å². The average molecular weight is 349 g/mol. The van der Waals surface area contributed by atoms with Gasteiger partial charge in [-0.05, 0) is 51.5 Å². The van der Waals surface area contributed by atoms with E-state index in [0.29, 0.717) is 5.95 Å². The second-order valence-corrected chi connectivity index (χ2v) is 5.86. The number of rotatable bonds is 5. The molecule has 0 aliphatic carbocycles. The standard InChI is InChI=1S/C16H21BrN4/c1-5-21(6-2)15-10-12(4)18-16(20-15)19-14-8-7-13(17)9-11(14)3/h7-10H,5-6H2,1-4H3,(H,18,19,20). The quantitative estimate of drug-likeness (QED) is 0.866. The van der Waals surface area contributed by atoms with Crippen molar-refractivity contribution in [2.24, 2.45) is 0 Å². The van der Waals surface area contributed by atoms with Crippen LogP contribution in [0.25, 0.3) is 0 Å². The summed E-state index contributed by atoms with van der Waals surface area (Å²) in [5.41, 5.74) is 3.14. The number of aryl methyl sites for hydroxylation is 2. The number of anilines is 3. The fraction of sp³-hybridized carbons (Fsp3) is 0.375. The fourth-order valence-corrected chi connectivity index (χ4v) is 2.68. The molecule has 0 radical (unpaired) electrons. The molecule has 0 saturated heterocycles. The predicted octanol–water partition coefficient (Wildman–Crippen LogP) is 4.45. The Morgan fingerprint density at radius 3 is 2.43 bits per heavy atom. The summed E-state index contributed by atoms with van der Waals surface area (Å²) in [7, 11) is 0. The molecule has 2 aromatic rings. The average Bonchev–Trinajstić information content (AvgIpc) is 2.43. The van der Waals surface area contributed by atoms with Crippen molar-refractivity contribution < 1.29 is 0 Å². The van der Waals surface area contributed by atoms with E-state index >= 15 is 0 Å². The number of halogens is 1. The van der Waals surface area contributed by atoms with Crippen molar-refractivity contribution in [1.82, 2.24) is 9.97 Å². The Bertz CT molecular complexity index is 624. The van der Waals surface area contributed by atoms with E-state index < -0.39 is 0 Å². The molecule has 2 rings (SSSR count). The summed E-state index contributed by atoms with van der Waals surface area (Å²) in [5, 5.41) is 3.31. The molecule has 0 unspecified atom stereocenters. The maximum Gasteiger partial charge on any atom is 0.229 e. The third-order valence-corrected chi connectivity index (χ3v) is 3.86. The Balaban J connectivity index is 2.31. The second-order valence-electron chi connectivity index (χ2n) is 4.95. The van der Waals surface area contributed by atoms with Gasteiger partial charge in [-0.15, -0.1) is 0 Å². The minimum absolute atomic E-state index is 0.641. The van der Waals surface area contributed by atoms with Gasteiger partial charge in [-0.3, -0.25) is 0 Å². The number of benzene rings is 1. The zero-order valence-corrected chi connectivity index (χ0v) is 14.5. The Hall–Kier alpha value is -1.62. The highest BCUT2D eigenvalue weighted by Crippen LogP contribution is 2.23. The maximum absolute atomic E-state index is 4.63. The van der Waals surface area contributed by atoms with Gasteiger partial charge < -0.3 is 10.2 Å². The molecule has 0 spiro atoms. The van der Waals surface area contributed by atoms with Crippen molar-refractivity contribution in [2.75, 3.05) is 23.3 Å². The van der Waals surface area contributed by atoms with Gasteiger partial charge in [0.1, 0.15) is 5.82 Å². The smallest absolute Gasteiger partial charge is 0.229 e. The number of hydrogen-bond acceptors (Lipinski definition) is 4. The molecule has 0 bridgehead atoms. The van der Waals surface area contributed by atoms with Gasteiger partial charge in [0.25, 0.3) is 0 Å². The van der Waals surface area contributed by atoms with Gasteiger partial charge in [0, 0.05) is 35.0 Å². The molecule has 0 aliphatic rings. The molecule has 21 heavy (non-hydrogen) atoms. The van der Waals surface area contributed by atoms with Crippen molar-refractivity contribution in [3.63, 3.8) is 0 Å². The molecule has 1 aromatic carbocycles. The van der Waals surface area contributed by atoms with Gasteiger partial charge in [-0.1, -0.05) is 15.9 Å². The van der Waals surface area contributed by atoms with E-state index in [2.05, 4.69) is 63.0 Å². The molecule has 0 atom stereocenters. The molecule has 0 aliphatic heterocycles. The van der Waals surface area contributed by atoms with E-state index in [1.54, 1.807) is 0 Å². The van der Waals surface area contributed by atoms with E-state index in [-0.39, 0.29) is 0 Å². The van der Waals surface area contributed by atoms with Gasteiger partial charge in [-0.2, -0.15) is 4.98 Å². The molecule has 1 N–H and O–H groups in total. The van der Waals surface area contributed by atoms with E-state index in [1.165, 1.54) is 0 Å². The number of hydrogen-bond donors (Lipinski definition) is 1. The van der Waals surface area contributed by atoms with E-state index in [9.17, 15) is 0 Å². The number of nitrogens with one attached hydrogen (secondary N) is 1. The molecule has 0 saturated carbocycles. The molecule has 112 valence electrons. The van der Waals surface area contributed by atoms with Crippen LogP contribution < -0.4 is 10.2 Å². The van der Waals surface area contributed by atoms with Crippen molar-refractivity contribution in [3.8, 4) is 0 Å². The predicted molar refractivity (Wildman–Crippen MR) is 92.5 cm³/mol. The minimum Gasteiger partial charge on any atom is -0.357 e. The van der Waals surface area contributed by atoms with Gasteiger partial charge >= 0.3 is 0 Å². The number of nitrogens with zero attached hydrogens (tertiary/aromatic N) is 3. The van der Waals surface area contributed by atoms with Crippen LogP contribution in [0.1, 0.15) is 25.1 Å². The number of aromatic nitrogens is 2. The van der Waals surface area contributed by atoms with Gasteiger partial charge in [0.15, 0.2) is 0 Å². The van der Waals surface area contributed by atoms with Crippen LogP contribution >= 0.6 is 15.9 Å².